The van der Waals surface area contributed by atoms with E-state index in [1.54, 1.807) is 31.4 Å². The van der Waals surface area contributed by atoms with Crippen LogP contribution in [0.3, 0.4) is 0 Å². The molecule has 0 saturated heterocycles. The smallest absolute Gasteiger partial charge is 0.259 e. The maximum Gasteiger partial charge on any atom is 0.259 e. The van der Waals surface area contributed by atoms with Gasteiger partial charge in [0.05, 0.1) is 29.3 Å². The number of rotatable bonds is 4. The van der Waals surface area contributed by atoms with Gasteiger partial charge in [0.2, 0.25) is 5.75 Å². The molecule has 0 bridgehead atoms. The second-order valence-electron chi connectivity index (χ2n) is 7.56. The summed E-state index contributed by atoms with van der Waals surface area (Å²) in [4.78, 5) is 16.0. The van der Waals surface area contributed by atoms with Gasteiger partial charge in [-0.3, -0.25) is 9.78 Å². The van der Waals surface area contributed by atoms with Gasteiger partial charge in [0.1, 0.15) is 5.75 Å². The number of fused-ring (bicyclic) bond motifs is 1. The molecule has 1 fully saturated rings. The number of thiophene rings is 1. The standard InChI is InChI=1S/C23H15F2N3O2S/c1-28-11-16(21-14(22(28)29)4-7-31-21)15-8-13(23(12-26)5-6-23)2-3-19(15)30-20-17(24)9-27-10-18(20)25/h2-4,7-11H,5-6H2,1H3. The van der Waals surface area contributed by atoms with Gasteiger partial charge in [-0.1, -0.05) is 6.07 Å². The normalized spacial score (nSPS) is 14.4. The second-order valence-corrected chi connectivity index (χ2v) is 8.48. The maximum absolute atomic E-state index is 14.2. The van der Waals surface area contributed by atoms with Crippen molar-refractivity contribution in [3.63, 3.8) is 0 Å². The Morgan fingerprint density at radius 3 is 2.61 bits per heavy atom. The van der Waals surface area contributed by atoms with E-state index in [1.807, 2.05) is 11.4 Å². The minimum Gasteiger partial charge on any atom is -0.450 e. The molecular weight excluding hydrogens is 420 g/mol. The van der Waals surface area contributed by atoms with Crippen LogP contribution in [0.15, 0.2) is 53.0 Å². The molecule has 0 unspecified atom stereocenters. The molecular formula is C23H15F2N3O2S. The predicted octanol–water partition coefficient (Wildman–Crippen LogP) is 5.29. The molecule has 8 heteroatoms. The summed E-state index contributed by atoms with van der Waals surface area (Å²) in [6, 6.07) is 9.30. The zero-order valence-electron chi connectivity index (χ0n) is 16.4. The third-order valence-electron chi connectivity index (χ3n) is 5.59. The van der Waals surface area contributed by atoms with Crippen molar-refractivity contribution in [2.75, 3.05) is 0 Å². The fourth-order valence-electron chi connectivity index (χ4n) is 3.70. The Morgan fingerprint density at radius 1 is 1.19 bits per heavy atom. The third-order valence-corrected chi connectivity index (χ3v) is 6.54. The Labute approximate surface area is 179 Å². The van der Waals surface area contributed by atoms with Crippen molar-refractivity contribution < 1.29 is 13.5 Å². The van der Waals surface area contributed by atoms with Crippen LogP contribution in [0.25, 0.3) is 21.2 Å². The summed E-state index contributed by atoms with van der Waals surface area (Å²) in [7, 11) is 1.65. The highest BCUT2D eigenvalue weighted by atomic mass is 32.1. The Morgan fingerprint density at radius 2 is 1.94 bits per heavy atom. The number of nitrogens with zero attached hydrogens (tertiary/aromatic N) is 3. The van der Waals surface area contributed by atoms with Crippen molar-refractivity contribution in [2.45, 2.75) is 18.3 Å². The van der Waals surface area contributed by atoms with Crippen molar-refractivity contribution in [3.8, 4) is 28.7 Å². The highest BCUT2D eigenvalue weighted by Crippen LogP contribution is 2.50. The Bertz CT molecular complexity index is 1430. The van der Waals surface area contributed by atoms with Crippen LogP contribution in [-0.4, -0.2) is 9.55 Å². The first-order valence-corrected chi connectivity index (χ1v) is 10.4. The minimum absolute atomic E-state index is 0.138. The Hall–Kier alpha value is -3.57. The SMILES string of the molecule is Cn1cc(-c2cc(C3(C#N)CC3)ccc2Oc2c(F)cncc2F)c2sccc2c1=O. The number of aromatic nitrogens is 2. The van der Waals surface area contributed by atoms with E-state index in [2.05, 4.69) is 11.1 Å². The van der Waals surface area contributed by atoms with Crippen LogP contribution < -0.4 is 10.3 Å². The molecule has 1 aliphatic carbocycles. The van der Waals surface area contributed by atoms with Crippen LogP contribution in [-0.2, 0) is 12.5 Å². The summed E-state index contributed by atoms with van der Waals surface area (Å²) in [5.74, 6) is -2.19. The largest absolute Gasteiger partial charge is 0.450 e. The van der Waals surface area contributed by atoms with E-state index >= 15 is 0 Å². The molecule has 5 nitrogen and oxygen atoms in total. The topological polar surface area (TPSA) is 67.9 Å². The zero-order valence-corrected chi connectivity index (χ0v) is 17.2. The van der Waals surface area contributed by atoms with Gasteiger partial charge in [-0.15, -0.1) is 11.3 Å². The van der Waals surface area contributed by atoms with Gasteiger partial charge < -0.3 is 9.30 Å². The van der Waals surface area contributed by atoms with Crippen LogP contribution in [0.2, 0.25) is 0 Å². The molecule has 3 aromatic heterocycles. The molecule has 0 spiro atoms. The van der Waals surface area contributed by atoms with Crippen molar-refractivity contribution in [2.24, 2.45) is 7.05 Å². The summed E-state index contributed by atoms with van der Waals surface area (Å²) in [6.07, 6.45) is 4.94. The lowest BCUT2D eigenvalue weighted by Gasteiger charge is -2.16. The van der Waals surface area contributed by atoms with Gasteiger partial charge in [-0.05, 0) is 42.0 Å². The summed E-state index contributed by atoms with van der Waals surface area (Å²) in [5.41, 5.74) is 1.35. The molecule has 0 radical (unpaired) electrons. The molecule has 4 aromatic rings. The summed E-state index contributed by atoms with van der Waals surface area (Å²) < 4.78 is 36.3. The predicted molar refractivity (Wildman–Crippen MR) is 113 cm³/mol. The molecule has 0 atom stereocenters. The molecule has 1 aliphatic rings. The first-order valence-electron chi connectivity index (χ1n) is 9.53. The number of hydrogen-bond donors (Lipinski definition) is 0. The maximum atomic E-state index is 14.2. The zero-order chi connectivity index (χ0) is 21.8. The molecule has 1 aromatic carbocycles. The number of ether oxygens (including phenoxy) is 1. The average molecular weight is 435 g/mol. The van der Waals surface area contributed by atoms with Crippen molar-refractivity contribution in [1.82, 2.24) is 9.55 Å². The molecule has 154 valence electrons. The van der Waals surface area contributed by atoms with Crippen LogP contribution in [0.4, 0.5) is 8.78 Å². The van der Waals surface area contributed by atoms with E-state index in [0.29, 0.717) is 16.5 Å². The monoisotopic (exact) mass is 435 g/mol. The second kappa shape index (κ2) is 7.00. The van der Waals surface area contributed by atoms with E-state index < -0.39 is 22.8 Å². The van der Waals surface area contributed by atoms with Gasteiger partial charge in [0.15, 0.2) is 11.6 Å². The van der Waals surface area contributed by atoms with Crippen molar-refractivity contribution >= 4 is 21.4 Å². The van der Waals surface area contributed by atoms with E-state index in [4.69, 9.17) is 4.74 Å². The first kappa shape index (κ1) is 19.4. The number of aryl methyl sites for hydroxylation is 1. The van der Waals surface area contributed by atoms with E-state index in [1.165, 1.54) is 15.9 Å². The molecule has 1 saturated carbocycles. The van der Waals surface area contributed by atoms with Gasteiger partial charge >= 0.3 is 0 Å². The number of nitriles is 1. The lowest BCUT2D eigenvalue weighted by Crippen LogP contribution is -2.15. The molecule has 0 aliphatic heterocycles. The fraction of sp³-hybridized carbons (Fsp3) is 0.174. The number of hydrogen-bond acceptors (Lipinski definition) is 5. The van der Waals surface area contributed by atoms with E-state index in [9.17, 15) is 18.8 Å². The van der Waals surface area contributed by atoms with Crippen LogP contribution >= 0.6 is 11.3 Å². The van der Waals surface area contributed by atoms with E-state index in [0.717, 1.165) is 35.5 Å². The fourth-order valence-corrected chi connectivity index (χ4v) is 4.62. The molecule has 5 rings (SSSR count). The number of halogens is 2. The summed E-state index contributed by atoms with van der Waals surface area (Å²) in [6.45, 7) is 0. The molecule has 0 N–H and O–H groups in total. The van der Waals surface area contributed by atoms with Crippen LogP contribution in [0.1, 0.15) is 18.4 Å². The van der Waals surface area contributed by atoms with Crippen molar-refractivity contribution in [3.05, 3.63) is 75.8 Å². The molecule has 0 amide bonds. The lowest BCUT2D eigenvalue weighted by atomic mass is 9.93. The van der Waals surface area contributed by atoms with Gasteiger partial charge in [0.25, 0.3) is 5.56 Å². The van der Waals surface area contributed by atoms with Crippen molar-refractivity contribution in [1.29, 1.82) is 5.26 Å². The quantitative estimate of drug-likeness (QED) is 0.437. The molecule has 31 heavy (non-hydrogen) atoms. The van der Waals surface area contributed by atoms with Crippen LogP contribution in [0.5, 0.6) is 11.5 Å². The Kier molecular flexibility index (Phi) is 4.38. The van der Waals surface area contributed by atoms with Gasteiger partial charge in [0, 0.05) is 29.1 Å². The summed E-state index contributed by atoms with van der Waals surface area (Å²) >= 11 is 1.40. The van der Waals surface area contributed by atoms with Gasteiger partial charge in [-0.25, -0.2) is 8.78 Å². The van der Waals surface area contributed by atoms with Gasteiger partial charge in [-0.2, -0.15) is 5.26 Å². The lowest BCUT2D eigenvalue weighted by molar-refractivity contribution is 0.405. The number of pyridine rings is 2. The summed E-state index contributed by atoms with van der Waals surface area (Å²) in [5, 5.41) is 12.0. The first-order chi connectivity index (χ1) is 14.9. The molecule has 3 heterocycles. The highest BCUT2D eigenvalue weighted by Gasteiger charge is 2.45. The Balaban J connectivity index is 1.76. The minimum atomic E-state index is -0.924. The number of benzene rings is 1. The third kappa shape index (κ3) is 3.09. The highest BCUT2D eigenvalue weighted by molar-refractivity contribution is 7.17. The van der Waals surface area contributed by atoms with Crippen LogP contribution in [0, 0.1) is 23.0 Å². The average Bonchev–Trinajstić information content (AvgIpc) is 3.41. The van der Waals surface area contributed by atoms with E-state index in [-0.39, 0.29) is 11.3 Å².